The number of hydrogen-bond acceptors (Lipinski definition) is 4. The molecule has 0 aliphatic rings. The molecule has 6 aromatic carbocycles. The van der Waals surface area contributed by atoms with Gasteiger partial charge in [0.1, 0.15) is 5.82 Å². The van der Waals surface area contributed by atoms with Crippen LogP contribution in [-0.2, 0) is 10.8 Å². The van der Waals surface area contributed by atoms with E-state index in [1.54, 1.807) is 31.5 Å². The fourth-order valence-electron chi connectivity index (χ4n) is 7.47. The number of aryl methyl sites for hydroxylation is 1. The van der Waals surface area contributed by atoms with E-state index in [0.717, 1.165) is 66.9 Å². The van der Waals surface area contributed by atoms with Crippen LogP contribution in [-0.4, -0.2) is 26.8 Å². The van der Waals surface area contributed by atoms with Gasteiger partial charge in [0, 0.05) is 27.0 Å². The maximum atomic E-state index is 11.7. The number of aromatic hydroxyl groups is 1. The van der Waals surface area contributed by atoms with Gasteiger partial charge in [-0.05, 0) is 106 Å². The van der Waals surface area contributed by atoms with Gasteiger partial charge in [0.15, 0.2) is 11.5 Å². The zero-order valence-corrected chi connectivity index (χ0v) is 33.6. The Balaban J connectivity index is 1.37. The summed E-state index contributed by atoms with van der Waals surface area (Å²) in [7, 11) is 1.55. The number of para-hydroxylation sites is 2. The fraction of sp³-hybridized carbons (Fsp3) is 0.192. The van der Waals surface area contributed by atoms with E-state index in [0.29, 0.717) is 22.7 Å². The van der Waals surface area contributed by atoms with Gasteiger partial charge in [-0.3, -0.25) is 9.55 Å². The Labute approximate surface area is 340 Å². The SMILES string of the molecule is [2H]C([2H])([2H])c1ccc(-c2ccnc(-c3cc(-c4cccc5c4nc(-c4cccc(OC)c4O)n5-c4ccc(C(C)(C)C)cc4-c4ccccc4)cc(C(C)(C)C)c3)c2)cc1. The van der Waals surface area contributed by atoms with Crippen molar-refractivity contribution in [2.45, 2.75) is 59.2 Å². The Hall–Kier alpha value is -6.46. The number of aromatic nitrogens is 3. The van der Waals surface area contributed by atoms with Crippen LogP contribution >= 0.6 is 0 Å². The van der Waals surface area contributed by atoms with E-state index >= 15 is 0 Å². The number of phenolic OH excluding ortho intramolecular Hbond substituents is 1. The van der Waals surface area contributed by atoms with Crippen LogP contribution in [0.5, 0.6) is 11.5 Å². The molecule has 0 atom stereocenters. The summed E-state index contributed by atoms with van der Waals surface area (Å²) in [5.41, 5.74) is 13.1. The van der Waals surface area contributed by atoms with Crippen LogP contribution in [0, 0.1) is 6.85 Å². The van der Waals surface area contributed by atoms with Gasteiger partial charge in [0.25, 0.3) is 0 Å². The Morgan fingerprint density at radius 1 is 0.596 bits per heavy atom. The molecule has 8 rings (SSSR count). The molecule has 2 aromatic heterocycles. The molecule has 5 nitrogen and oxygen atoms in total. The molecule has 0 saturated carbocycles. The zero-order valence-electron chi connectivity index (χ0n) is 36.6. The smallest absolute Gasteiger partial charge is 0.168 e. The van der Waals surface area contributed by atoms with Crippen molar-refractivity contribution >= 4 is 11.0 Å². The fourth-order valence-corrected chi connectivity index (χ4v) is 7.47. The van der Waals surface area contributed by atoms with Gasteiger partial charge < -0.3 is 9.84 Å². The van der Waals surface area contributed by atoms with Gasteiger partial charge in [-0.1, -0.05) is 132 Å². The van der Waals surface area contributed by atoms with Gasteiger partial charge in [-0.25, -0.2) is 4.98 Å². The van der Waals surface area contributed by atoms with E-state index in [2.05, 4.69) is 131 Å². The highest BCUT2D eigenvalue weighted by molar-refractivity contribution is 5.98. The second-order valence-electron chi connectivity index (χ2n) is 16.7. The number of hydrogen-bond donors (Lipinski definition) is 1. The lowest BCUT2D eigenvalue weighted by Gasteiger charge is -2.23. The average molecular weight is 751 g/mol. The summed E-state index contributed by atoms with van der Waals surface area (Å²) in [6.45, 7) is 11.1. The summed E-state index contributed by atoms with van der Waals surface area (Å²) >= 11 is 0. The lowest BCUT2D eigenvalue weighted by molar-refractivity contribution is 0.374. The molecule has 0 spiro atoms. The number of benzene rings is 6. The van der Waals surface area contributed by atoms with E-state index < -0.39 is 6.85 Å². The van der Waals surface area contributed by atoms with Crippen LogP contribution in [0.4, 0.5) is 0 Å². The molecule has 0 amide bonds. The number of phenols is 1. The molecule has 57 heavy (non-hydrogen) atoms. The second kappa shape index (κ2) is 14.6. The molecular weight excluding hydrogens is 699 g/mol. The molecule has 5 heteroatoms. The Morgan fingerprint density at radius 3 is 2.04 bits per heavy atom. The molecular formula is C52H49N3O2. The highest BCUT2D eigenvalue weighted by Crippen LogP contribution is 2.44. The normalized spacial score (nSPS) is 12.9. The summed E-state index contributed by atoms with van der Waals surface area (Å²) < 4.78 is 31.2. The largest absolute Gasteiger partial charge is 0.504 e. The van der Waals surface area contributed by atoms with Crippen molar-refractivity contribution in [3.05, 3.63) is 162 Å². The average Bonchev–Trinajstić information content (AvgIpc) is 3.62. The van der Waals surface area contributed by atoms with Gasteiger partial charge >= 0.3 is 0 Å². The number of imidazole rings is 1. The Kier molecular flexibility index (Phi) is 8.64. The molecule has 0 saturated heterocycles. The van der Waals surface area contributed by atoms with Crippen molar-refractivity contribution < 1.29 is 14.0 Å². The first-order valence-electron chi connectivity index (χ1n) is 20.8. The Morgan fingerprint density at radius 2 is 1.32 bits per heavy atom. The van der Waals surface area contributed by atoms with Crippen molar-refractivity contribution in [3.8, 4) is 73.2 Å². The van der Waals surface area contributed by atoms with E-state index in [-0.39, 0.29) is 16.6 Å². The van der Waals surface area contributed by atoms with E-state index in [1.807, 2.05) is 36.4 Å². The minimum Gasteiger partial charge on any atom is -0.504 e. The standard InChI is InChI=1S/C52H49N3O2/c1-33-20-22-34(23-21-33)36-26-27-53-44(31-36)38-28-37(29-40(30-38)52(5,6)7)41-16-12-18-46-48(41)54-50(42-17-13-19-47(57-8)49(42)56)55(46)45-25-24-39(51(2,3)4)32-43(45)35-14-10-9-11-15-35/h9-32,56H,1-8H3/i1D3. The minimum absolute atomic E-state index is 0.0155. The molecule has 0 fully saturated rings. The van der Waals surface area contributed by atoms with Crippen LogP contribution in [0.1, 0.15) is 62.3 Å². The molecule has 0 aliphatic carbocycles. The molecule has 1 N–H and O–H groups in total. The quantitative estimate of drug-likeness (QED) is 0.176. The van der Waals surface area contributed by atoms with Crippen molar-refractivity contribution in [1.82, 2.24) is 14.5 Å². The predicted octanol–water partition coefficient (Wildman–Crippen LogP) is 13.4. The van der Waals surface area contributed by atoms with Crippen LogP contribution in [0.3, 0.4) is 0 Å². The van der Waals surface area contributed by atoms with Crippen molar-refractivity contribution in [2.75, 3.05) is 7.11 Å². The summed E-state index contributed by atoms with van der Waals surface area (Å²) in [4.78, 5) is 10.3. The Bertz CT molecular complexity index is 2860. The highest BCUT2D eigenvalue weighted by Gasteiger charge is 2.25. The third-order valence-corrected chi connectivity index (χ3v) is 10.7. The summed E-state index contributed by atoms with van der Waals surface area (Å²) in [5.74, 6) is 0.963. The molecule has 0 aliphatic heterocycles. The van der Waals surface area contributed by atoms with Crippen molar-refractivity contribution in [1.29, 1.82) is 0 Å². The number of pyridine rings is 1. The van der Waals surface area contributed by atoms with E-state index in [1.165, 1.54) is 5.56 Å². The summed E-state index contributed by atoms with van der Waals surface area (Å²) in [6.07, 6.45) is 1.80. The molecule has 8 aromatic rings. The van der Waals surface area contributed by atoms with Gasteiger partial charge in [0.05, 0.1) is 35.1 Å². The summed E-state index contributed by atoms with van der Waals surface area (Å²) in [5, 5.41) is 11.7. The monoisotopic (exact) mass is 750 g/mol. The topological polar surface area (TPSA) is 60.2 Å². The third kappa shape index (κ3) is 7.22. The number of fused-ring (bicyclic) bond motifs is 1. The van der Waals surface area contributed by atoms with Gasteiger partial charge in [0.2, 0.25) is 0 Å². The highest BCUT2D eigenvalue weighted by atomic mass is 16.5. The first kappa shape index (κ1) is 33.8. The second-order valence-corrected chi connectivity index (χ2v) is 16.7. The minimum atomic E-state index is -2.17. The van der Waals surface area contributed by atoms with Gasteiger partial charge in [-0.15, -0.1) is 0 Å². The molecule has 284 valence electrons. The number of methoxy groups -OCH3 is 1. The van der Waals surface area contributed by atoms with Crippen LogP contribution in [0.25, 0.3) is 72.7 Å². The van der Waals surface area contributed by atoms with Crippen LogP contribution in [0.15, 0.2) is 146 Å². The van der Waals surface area contributed by atoms with E-state index in [4.69, 9.17) is 18.8 Å². The maximum absolute atomic E-state index is 11.7. The lowest BCUT2D eigenvalue weighted by Crippen LogP contribution is -2.12. The lowest BCUT2D eigenvalue weighted by atomic mass is 9.83. The number of nitrogens with zero attached hydrogens (tertiary/aromatic N) is 3. The predicted molar refractivity (Wildman–Crippen MR) is 236 cm³/mol. The van der Waals surface area contributed by atoms with Crippen LogP contribution < -0.4 is 4.74 Å². The van der Waals surface area contributed by atoms with Crippen LogP contribution in [0.2, 0.25) is 0 Å². The molecule has 0 unspecified atom stereocenters. The van der Waals surface area contributed by atoms with E-state index in [9.17, 15) is 5.11 Å². The first-order valence-corrected chi connectivity index (χ1v) is 19.3. The van der Waals surface area contributed by atoms with Gasteiger partial charge in [-0.2, -0.15) is 0 Å². The van der Waals surface area contributed by atoms with Crippen molar-refractivity contribution in [2.24, 2.45) is 0 Å². The number of ether oxygens (including phenoxy) is 1. The van der Waals surface area contributed by atoms with Crippen molar-refractivity contribution in [3.63, 3.8) is 0 Å². The molecule has 2 heterocycles. The summed E-state index contributed by atoms with van der Waals surface area (Å²) in [6, 6.07) is 46.5. The maximum Gasteiger partial charge on any atom is 0.168 e. The molecule has 0 radical (unpaired) electrons. The molecule has 0 bridgehead atoms. The third-order valence-electron chi connectivity index (χ3n) is 10.7. The zero-order chi connectivity index (χ0) is 42.6. The number of rotatable bonds is 7. The first-order chi connectivity index (χ1) is 28.5.